The average molecular weight is 385 g/mol. The first kappa shape index (κ1) is 18.5. The smallest absolute Gasteiger partial charge is 0.271 e. The molecular weight excluding hydrogens is 371 g/mol. The Labute approximate surface area is 159 Å². The van der Waals surface area contributed by atoms with E-state index in [9.17, 15) is 19.8 Å². The number of pyridine rings is 1. The van der Waals surface area contributed by atoms with E-state index in [-0.39, 0.29) is 22.7 Å². The number of fused-ring (bicyclic) bond motifs is 1. The molecule has 136 valence electrons. The van der Waals surface area contributed by atoms with Gasteiger partial charge in [0.2, 0.25) is 0 Å². The third kappa shape index (κ3) is 3.81. The molecule has 3 rings (SSSR count). The SMILES string of the molecule is N#Cc1cnc2c(Cl)cc([N+](=O)[O-])cc2c1NC(CCF)c1ccccc1. The first-order valence-corrected chi connectivity index (χ1v) is 8.47. The lowest BCUT2D eigenvalue weighted by molar-refractivity contribution is -0.384. The Kier molecular flexibility index (Phi) is 5.48. The standard InChI is InChI=1S/C19H14ClFN4O2/c20-16-9-14(25(26)27)8-15-18(13(10-22)11-23-19(15)16)24-17(6-7-21)12-4-2-1-3-5-12/h1-5,8-9,11,17H,6-7H2,(H,23,24). The van der Waals surface area contributed by atoms with Gasteiger partial charge >= 0.3 is 0 Å². The summed E-state index contributed by atoms with van der Waals surface area (Å²) in [7, 11) is 0. The molecule has 0 aliphatic carbocycles. The van der Waals surface area contributed by atoms with Crippen LogP contribution in [0.3, 0.4) is 0 Å². The van der Waals surface area contributed by atoms with Gasteiger partial charge < -0.3 is 5.32 Å². The van der Waals surface area contributed by atoms with E-state index in [0.717, 1.165) is 5.56 Å². The number of alkyl halides is 1. The Balaban J connectivity index is 2.19. The summed E-state index contributed by atoms with van der Waals surface area (Å²) in [6, 6.07) is 13.3. The van der Waals surface area contributed by atoms with Crippen molar-refractivity contribution in [1.29, 1.82) is 5.26 Å². The van der Waals surface area contributed by atoms with Crippen LogP contribution in [0.5, 0.6) is 0 Å². The van der Waals surface area contributed by atoms with Crippen LogP contribution in [-0.2, 0) is 0 Å². The number of nitrogens with zero attached hydrogens (tertiary/aromatic N) is 3. The minimum Gasteiger partial charge on any atom is -0.376 e. The molecule has 1 unspecified atom stereocenters. The topological polar surface area (TPSA) is 91.8 Å². The maximum absolute atomic E-state index is 13.1. The highest BCUT2D eigenvalue weighted by Crippen LogP contribution is 2.36. The van der Waals surface area contributed by atoms with Gasteiger partial charge in [0.15, 0.2) is 0 Å². The van der Waals surface area contributed by atoms with Crippen LogP contribution in [0, 0.1) is 21.4 Å². The molecule has 0 aliphatic heterocycles. The molecule has 0 saturated carbocycles. The summed E-state index contributed by atoms with van der Waals surface area (Å²) < 4.78 is 13.1. The Hall–Kier alpha value is -3.24. The van der Waals surface area contributed by atoms with Crippen molar-refractivity contribution in [2.75, 3.05) is 12.0 Å². The third-order valence-corrected chi connectivity index (χ3v) is 4.45. The number of halogens is 2. The lowest BCUT2D eigenvalue weighted by Crippen LogP contribution is -2.13. The van der Waals surface area contributed by atoms with Crippen LogP contribution in [0.15, 0.2) is 48.7 Å². The number of benzene rings is 2. The zero-order chi connectivity index (χ0) is 19.4. The zero-order valence-corrected chi connectivity index (χ0v) is 14.8. The highest BCUT2D eigenvalue weighted by atomic mass is 35.5. The molecule has 0 saturated heterocycles. The highest BCUT2D eigenvalue weighted by molar-refractivity contribution is 6.35. The van der Waals surface area contributed by atoms with Gasteiger partial charge in [0.25, 0.3) is 5.69 Å². The van der Waals surface area contributed by atoms with Gasteiger partial charge in [-0.3, -0.25) is 19.5 Å². The molecule has 0 spiro atoms. The van der Waals surface area contributed by atoms with E-state index in [2.05, 4.69) is 10.3 Å². The van der Waals surface area contributed by atoms with E-state index in [1.807, 2.05) is 36.4 Å². The number of hydrogen-bond acceptors (Lipinski definition) is 5. The first-order valence-electron chi connectivity index (χ1n) is 8.09. The van der Waals surface area contributed by atoms with Gasteiger partial charge in [-0.1, -0.05) is 41.9 Å². The summed E-state index contributed by atoms with van der Waals surface area (Å²) in [5.74, 6) is 0. The average Bonchev–Trinajstić information content (AvgIpc) is 2.68. The highest BCUT2D eigenvalue weighted by Gasteiger charge is 2.20. The molecule has 1 N–H and O–H groups in total. The van der Waals surface area contributed by atoms with Crippen LogP contribution < -0.4 is 5.32 Å². The van der Waals surface area contributed by atoms with E-state index >= 15 is 0 Å². The minimum absolute atomic E-state index is 0.105. The number of nitrogens with one attached hydrogen (secondary N) is 1. The summed E-state index contributed by atoms with van der Waals surface area (Å²) in [6.45, 7) is -0.571. The molecule has 2 aromatic carbocycles. The molecular formula is C19H14ClFN4O2. The van der Waals surface area contributed by atoms with Crippen LogP contribution in [0.25, 0.3) is 10.9 Å². The first-order chi connectivity index (χ1) is 13.0. The van der Waals surface area contributed by atoms with Crippen molar-refractivity contribution in [3.8, 4) is 6.07 Å². The van der Waals surface area contributed by atoms with Crippen molar-refractivity contribution in [3.63, 3.8) is 0 Å². The maximum atomic E-state index is 13.1. The van der Waals surface area contributed by atoms with Gasteiger partial charge in [-0.15, -0.1) is 0 Å². The predicted octanol–water partition coefficient (Wildman–Crippen LogP) is 5.18. The molecule has 8 heteroatoms. The molecule has 0 radical (unpaired) electrons. The Morgan fingerprint density at radius 3 is 2.70 bits per heavy atom. The lowest BCUT2D eigenvalue weighted by Gasteiger charge is -2.21. The Morgan fingerprint density at radius 1 is 1.33 bits per heavy atom. The van der Waals surface area contributed by atoms with Crippen molar-refractivity contribution in [1.82, 2.24) is 4.98 Å². The zero-order valence-electron chi connectivity index (χ0n) is 14.0. The second kappa shape index (κ2) is 7.98. The second-order valence-corrected chi connectivity index (χ2v) is 6.23. The molecule has 3 aromatic rings. The van der Waals surface area contributed by atoms with Crippen molar-refractivity contribution in [2.45, 2.75) is 12.5 Å². The maximum Gasteiger partial charge on any atom is 0.271 e. The van der Waals surface area contributed by atoms with E-state index in [1.165, 1.54) is 18.3 Å². The summed E-state index contributed by atoms with van der Waals surface area (Å²) in [5.41, 5.74) is 1.49. The van der Waals surface area contributed by atoms with Crippen molar-refractivity contribution in [2.24, 2.45) is 0 Å². The fraction of sp³-hybridized carbons (Fsp3) is 0.158. The van der Waals surface area contributed by atoms with E-state index < -0.39 is 17.6 Å². The van der Waals surface area contributed by atoms with Crippen molar-refractivity contribution < 1.29 is 9.31 Å². The van der Waals surface area contributed by atoms with Gasteiger partial charge in [0.05, 0.1) is 39.4 Å². The minimum atomic E-state index is -0.571. The van der Waals surface area contributed by atoms with Gasteiger partial charge in [-0.05, 0) is 5.56 Å². The fourth-order valence-corrected chi connectivity index (χ4v) is 3.14. The Bertz CT molecular complexity index is 1040. The predicted molar refractivity (Wildman–Crippen MR) is 102 cm³/mol. The molecule has 1 aromatic heterocycles. The fourth-order valence-electron chi connectivity index (χ4n) is 2.88. The van der Waals surface area contributed by atoms with E-state index in [1.54, 1.807) is 0 Å². The molecule has 27 heavy (non-hydrogen) atoms. The van der Waals surface area contributed by atoms with Crippen LogP contribution in [0.2, 0.25) is 5.02 Å². The van der Waals surface area contributed by atoms with Crippen LogP contribution in [0.1, 0.15) is 23.6 Å². The van der Waals surface area contributed by atoms with Crippen LogP contribution >= 0.6 is 11.6 Å². The van der Waals surface area contributed by atoms with Gasteiger partial charge in [0.1, 0.15) is 6.07 Å². The van der Waals surface area contributed by atoms with Gasteiger partial charge in [-0.25, -0.2) is 0 Å². The largest absolute Gasteiger partial charge is 0.376 e. The number of nitro benzene ring substituents is 1. The van der Waals surface area contributed by atoms with Gasteiger partial charge in [0, 0.05) is 30.1 Å². The monoisotopic (exact) mass is 384 g/mol. The van der Waals surface area contributed by atoms with Crippen LogP contribution in [-0.4, -0.2) is 16.6 Å². The van der Waals surface area contributed by atoms with Gasteiger partial charge in [-0.2, -0.15) is 5.26 Å². The van der Waals surface area contributed by atoms with Crippen molar-refractivity contribution in [3.05, 3.63) is 74.9 Å². The molecule has 0 bridgehead atoms. The number of anilines is 1. The summed E-state index contributed by atoms with van der Waals surface area (Å²) in [5, 5.41) is 24.3. The molecule has 0 fully saturated rings. The summed E-state index contributed by atoms with van der Waals surface area (Å²) in [6.07, 6.45) is 1.52. The number of non-ortho nitro benzene ring substituents is 1. The Morgan fingerprint density at radius 2 is 2.07 bits per heavy atom. The van der Waals surface area contributed by atoms with Crippen molar-refractivity contribution >= 4 is 33.9 Å². The molecule has 1 atom stereocenters. The van der Waals surface area contributed by atoms with Crippen LogP contribution in [0.4, 0.5) is 15.8 Å². The lowest BCUT2D eigenvalue weighted by atomic mass is 10.0. The molecule has 6 nitrogen and oxygen atoms in total. The second-order valence-electron chi connectivity index (χ2n) is 5.82. The number of aromatic nitrogens is 1. The molecule has 1 heterocycles. The molecule has 0 aliphatic rings. The van der Waals surface area contributed by atoms with E-state index in [0.29, 0.717) is 16.6 Å². The number of hydrogen-bond donors (Lipinski definition) is 1. The summed E-state index contributed by atoms with van der Waals surface area (Å²) in [4.78, 5) is 14.8. The normalized spacial score (nSPS) is 11.7. The number of rotatable bonds is 6. The quantitative estimate of drug-likeness (QED) is 0.467. The summed E-state index contributed by atoms with van der Waals surface area (Å²) >= 11 is 6.15. The number of nitro groups is 1. The molecule has 0 amide bonds. The van der Waals surface area contributed by atoms with E-state index in [4.69, 9.17) is 11.6 Å². The third-order valence-electron chi connectivity index (χ3n) is 4.16. The number of nitriles is 1.